The van der Waals surface area contributed by atoms with Gasteiger partial charge in [-0.3, -0.25) is 14.4 Å². The van der Waals surface area contributed by atoms with Gasteiger partial charge in [0.25, 0.3) is 0 Å². The van der Waals surface area contributed by atoms with Crippen LogP contribution in [0.5, 0.6) is 0 Å². The maximum Gasteiger partial charge on any atom is 0.326 e. The minimum atomic E-state index is -1.24. The Morgan fingerprint density at radius 2 is 1.78 bits per heavy atom. The van der Waals surface area contributed by atoms with Crippen molar-refractivity contribution in [3.8, 4) is 0 Å². The smallest absolute Gasteiger partial charge is 0.326 e. The third kappa shape index (κ3) is 7.31. The number of H-pyrrole nitrogens is 2. The first-order valence-corrected chi connectivity index (χ1v) is 13.0. The van der Waals surface area contributed by atoms with E-state index in [2.05, 4.69) is 30.6 Å². The highest BCUT2D eigenvalue weighted by Crippen LogP contribution is 2.19. The minimum absolute atomic E-state index is 0.00929. The van der Waals surface area contributed by atoms with Gasteiger partial charge in [-0.1, -0.05) is 0 Å². The lowest BCUT2D eigenvalue weighted by atomic mass is 10.1. The average Bonchev–Trinajstić information content (AvgIpc) is 3.64. The highest BCUT2D eigenvalue weighted by atomic mass is 32.2. The number of aliphatic carboxylic acids is 1. The summed E-state index contributed by atoms with van der Waals surface area (Å²) in [5, 5.41) is 14.8. The van der Waals surface area contributed by atoms with Crippen LogP contribution in [-0.2, 0) is 32.0 Å². The highest BCUT2D eigenvalue weighted by molar-refractivity contribution is 7.98. The molecule has 0 radical (unpaired) electrons. The summed E-state index contributed by atoms with van der Waals surface area (Å²) in [6, 6.07) is -3.79. The van der Waals surface area contributed by atoms with E-state index >= 15 is 0 Å². The van der Waals surface area contributed by atoms with Crippen molar-refractivity contribution in [3.05, 3.63) is 36.4 Å². The van der Waals surface area contributed by atoms with Crippen molar-refractivity contribution in [2.75, 3.05) is 18.6 Å². The summed E-state index contributed by atoms with van der Waals surface area (Å²) >= 11 is 1.59. The Kier molecular flexibility index (Phi) is 9.87. The maximum absolute atomic E-state index is 13.2. The van der Waals surface area contributed by atoms with Crippen LogP contribution in [0.15, 0.2) is 25.0 Å². The SMILES string of the molecule is CSCCC(N)C(=O)N1CCCC1C(=O)NC(Cc1cnc[nH]1)C(=O)NC(Cc1cnc[nH]1)C(=O)O. The predicted molar refractivity (Wildman–Crippen MR) is 132 cm³/mol. The third-order valence-electron chi connectivity index (χ3n) is 5.99. The Morgan fingerprint density at radius 1 is 1.14 bits per heavy atom. The van der Waals surface area contributed by atoms with Crippen molar-refractivity contribution >= 4 is 35.5 Å². The molecule has 13 nitrogen and oxygen atoms in total. The number of thioether (sulfide) groups is 1. The van der Waals surface area contributed by atoms with Crippen molar-refractivity contribution in [1.29, 1.82) is 0 Å². The Hall–Kier alpha value is -3.39. The van der Waals surface area contributed by atoms with Gasteiger partial charge in [-0.15, -0.1) is 0 Å². The van der Waals surface area contributed by atoms with Crippen LogP contribution < -0.4 is 16.4 Å². The molecule has 7 N–H and O–H groups in total. The molecule has 3 amide bonds. The number of rotatable bonds is 13. The molecule has 0 aromatic carbocycles. The molecule has 0 bridgehead atoms. The molecular formula is C22H32N8O5S. The summed E-state index contributed by atoms with van der Waals surface area (Å²) in [4.78, 5) is 66.0. The van der Waals surface area contributed by atoms with Gasteiger partial charge in [-0.25, -0.2) is 14.8 Å². The van der Waals surface area contributed by atoms with Crippen molar-refractivity contribution in [2.45, 2.75) is 56.3 Å². The number of nitrogens with zero attached hydrogens (tertiary/aromatic N) is 3. The number of carboxylic acid groups (broad SMARTS) is 1. The van der Waals surface area contributed by atoms with E-state index in [1.165, 1.54) is 29.9 Å². The molecule has 0 aliphatic carbocycles. The average molecular weight is 521 g/mol. The summed E-state index contributed by atoms with van der Waals surface area (Å²) in [7, 11) is 0. The molecule has 4 unspecified atom stereocenters. The molecule has 3 rings (SSSR count). The number of likely N-dealkylation sites (tertiary alicyclic amines) is 1. The van der Waals surface area contributed by atoms with Crippen LogP contribution in [0.25, 0.3) is 0 Å². The summed E-state index contributed by atoms with van der Waals surface area (Å²) < 4.78 is 0. The quantitative estimate of drug-likeness (QED) is 0.192. The number of carboxylic acids is 1. The monoisotopic (exact) mass is 520 g/mol. The summed E-state index contributed by atoms with van der Waals surface area (Å²) in [6.07, 6.45) is 9.41. The molecule has 4 atom stereocenters. The van der Waals surface area contributed by atoms with Gasteiger partial charge in [0.1, 0.15) is 18.1 Å². The van der Waals surface area contributed by atoms with Gasteiger partial charge in [-0.2, -0.15) is 11.8 Å². The van der Waals surface area contributed by atoms with Crippen LogP contribution in [-0.4, -0.2) is 96.4 Å². The van der Waals surface area contributed by atoms with Gasteiger partial charge < -0.3 is 36.3 Å². The van der Waals surface area contributed by atoms with E-state index in [9.17, 15) is 24.3 Å². The molecule has 3 heterocycles. The molecule has 1 aliphatic heterocycles. The molecule has 1 aliphatic rings. The second kappa shape index (κ2) is 13.1. The topological polar surface area (TPSA) is 199 Å². The van der Waals surface area contributed by atoms with Gasteiger partial charge in [0.15, 0.2) is 0 Å². The number of carbonyl (C=O) groups excluding carboxylic acids is 3. The van der Waals surface area contributed by atoms with Gasteiger partial charge in [0.05, 0.1) is 18.7 Å². The predicted octanol–water partition coefficient (Wildman–Crippen LogP) is -0.956. The lowest BCUT2D eigenvalue weighted by molar-refractivity contribution is -0.143. The van der Waals surface area contributed by atoms with E-state index in [0.29, 0.717) is 37.2 Å². The maximum atomic E-state index is 13.2. The molecule has 36 heavy (non-hydrogen) atoms. The normalized spacial score (nSPS) is 17.8. The zero-order chi connectivity index (χ0) is 26.1. The van der Waals surface area contributed by atoms with E-state index in [-0.39, 0.29) is 18.7 Å². The first-order valence-electron chi connectivity index (χ1n) is 11.6. The molecule has 0 saturated carbocycles. The fourth-order valence-corrected chi connectivity index (χ4v) is 4.56. The fraction of sp³-hybridized carbons (Fsp3) is 0.545. The van der Waals surface area contributed by atoms with E-state index < -0.39 is 42.0 Å². The zero-order valence-electron chi connectivity index (χ0n) is 20.0. The van der Waals surface area contributed by atoms with E-state index in [1.54, 1.807) is 11.8 Å². The fourth-order valence-electron chi connectivity index (χ4n) is 4.07. The van der Waals surface area contributed by atoms with E-state index in [1.807, 2.05) is 6.26 Å². The Labute approximate surface area is 212 Å². The Bertz CT molecular complexity index is 1020. The first-order chi connectivity index (χ1) is 17.3. The van der Waals surface area contributed by atoms with Crippen LogP contribution >= 0.6 is 11.8 Å². The number of carbonyl (C=O) groups is 4. The van der Waals surface area contributed by atoms with Crippen molar-refractivity contribution in [2.24, 2.45) is 5.73 Å². The molecule has 2 aromatic heterocycles. The van der Waals surface area contributed by atoms with Crippen molar-refractivity contribution in [3.63, 3.8) is 0 Å². The van der Waals surface area contributed by atoms with E-state index in [0.717, 1.165) is 5.75 Å². The number of nitrogens with one attached hydrogen (secondary N) is 4. The first kappa shape index (κ1) is 27.2. The van der Waals surface area contributed by atoms with Crippen LogP contribution in [0.3, 0.4) is 0 Å². The molecule has 1 fully saturated rings. The highest BCUT2D eigenvalue weighted by Gasteiger charge is 2.38. The molecule has 14 heteroatoms. The standard InChI is InChI=1S/C22H32N8O5S/c1-36-6-4-15(23)21(33)30-5-2-3-18(30)20(32)28-16(7-13-9-24-11-26-13)19(31)29-17(22(34)35)8-14-10-25-12-27-14/h9-12,15-18H,2-8,23H2,1H3,(H,24,26)(H,25,27)(H,28,32)(H,29,31)(H,34,35). The van der Waals surface area contributed by atoms with Gasteiger partial charge in [0, 0.05) is 43.2 Å². The number of hydrogen-bond acceptors (Lipinski definition) is 8. The number of imidazole rings is 2. The largest absolute Gasteiger partial charge is 0.480 e. The number of aromatic amines is 2. The van der Waals surface area contributed by atoms with Crippen LogP contribution in [0, 0.1) is 0 Å². The second-order valence-corrected chi connectivity index (χ2v) is 9.59. The van der Waals surface area contributed by atoms with Gasteiger partial charge in [0.2, 0.25) is 17.7 Å². The second-order valence-electron chi connectivity index (χ2n) is 8.60. The number of amides is 3. The van der Waals surface area contributed by atoms with Crippen LogP contribution in [0.2, 0.25) is 0 Å². The number of aromatic nitrogens is 4. The Balaban J connectivity index is 1.71. The number of nitrogens with two attached hydrogens (primary N) is 1. The van der Waals surface area contributed by atoms with Crippen LogP contribution in [0.4, 0.5) is 0 Å². The lowest BCUT2D eigenvalue weighted by Crippen LogP contribution is -2.57. The summed E-state index contributed by atoms with van der Waals surface area (Å²) in [5.41, 5.74) is 7.16. The third-order valence-corrected chi connectivity index (χ3v) is 6.64. The lowest BCUT2D eigenvalue weighted by Gasteiger charge is -2.28. The minimum Gasteiger partial charge on any atom is -0.480 e. The molecule has 0 spiro atoms. The van der Waals surface area contributed by atoms with Crippen LogP contribution in [0.1, 0.15) is 30.7 Å². The number of hydrogen-bond donors (Lipinski definition) is 6. The van der Waals surface area contributed by atoms with Gasteiger partial charge in [-0.05, 0) is 31.3 Å². The van der Waals surface area contributed by atoms with Crippen molar-refractivity contribution in [1.82, 2.24) is 35.5 Å². The van der Waals surface area contributed by atoms with E-state index in [4.69, 9.17) is 5.73 Å². The molecule has 2 aromatic rings. The van der Waals surface area contributed by atoms with Gasteiger partial charge >= 0.3 is 5.97 Å². The summed E-state index contributed by atoms with van der Waals surface area (Å²) in [5.74, 6) is -1.94. The molecule has 196 valence electrons. The zero-order valence-corrected chi connectivity index (χ0v) is 20.8. The summed E-state index contributed by atoms with van der Waals surface area (Å²) in [6.45, 7) is 0.409. The molecular weight excluding hydrogens is 488 g/mol. The molecule has 1 saturated heterocycles. The Morgan fingerprint density at radius 3 is 2.33 bits per heavy atom. The van der Waals surface area contributed by atoms with Crippen molar-refractivity contribution < 1.29 is 24.3 Å².